The van der Waals surface area contributed by atoms with Crippen LogP contribution in [-0.2, 0) is 70.9 Å². The number of ether oxygens (including phenoxy) is 7. The molecule has 1 heterocycles. The van der Waals surface area contributed by atoms with Crippen LogP contribution in [0.4, 0.5) is 0 Å². The van der Waals surface area contributed by atoms with Crippen LogP contribution in [0.3, 0.4) is 0 Å². The smallest absolute Gasteiger partial charge is 0.349 e. The maximum absolute atomic E-state index is 13.1. The third-order valence-electron chi connectivity index (χ3n) is 19.5. The number of rotatable bonds is 22. The minimum atomic E-state index is -0.813. The van der Waals surface area contributed by atoms with Gasteiger partial charge in [0, 0.05) is 6.42 Å². The number of para-hydroxylation sites is 2. The number of carbonyl (C=O) groups excluding carboxylic acids is 5. The second-order valence-corrected chi connectivity index (χ2v) is 34.2. The Bertz CT molecular complexity index is 4140. The van der Waals surface area contributed by atoms with Gasteiger partial charge in [0.1, 0.15) is 39.3 Å². The lowest BCUT2D eigenvalue weighted by molar-refractivity contribution is -0.219. The summed E-state index contributed by atoms with van der Waals surface area (Å²) in [6.07, 6.45) is 8.30. The van der Waals surface area contributed by atoms with E-state index < -0.39 is 47.4 Å². The van der Waals surface area contributed by atoms with Crippen molar-refractivity contribution in [1.82, 2.24) is 0 Å². The standard InChI is InChI=1S/C34H39O3S.C28H29O6S.C24H23O3S/c1-4-32(2,3)31(35)37-34-22-25-19-26(23-34)21-33(20-25,24-34)36-27-15-17-30(18-16-27)38(28-11-7-5-8-12-28)29-13-9-6-10-14-29;1-4-28(2,3)27(31)33-19-25(29)32-20-26(30)34-21-15-17-24(18-16-21)35(22-11-7-5-8-12-22)23-13-9-6-10-14-23;1-4-24(2,3)23(25)26-17-13-15-18(16-14-17)28-21-11-7-5-9-19(21)27-20-10-6-8-12-22(20)28/h5-18,25-26H,4,19-24H2,1-3H3;5-18H,4,19-20H2,1-3H3;5-16H,4H2,1-3H3/q3*+1. The number of hydrogen-bond donors (Lipinski definition) is 0. The van der Waals surface area contributed by atoms with Crippen LogP contribution in [0, 0.1) is 28.1 Å². The van der Waals surface area contributed by atoms with Crippen LogP contribution in [0.1, 0.15) is 120 Å². The quantitative estimate of drug-likeness (QED) is 0.0275. The molecule has 0 aromatic heterocycles. The van der Waals surface area contributed by atoms with E-state index in [9.17, 15) is 24.0 Å². The molecule has 5 aliphatic rings. The van der Waals surface area contributed by atoms with Crippen LogP contribution in [0.15, 0.2) is 287 Å². The Hall–Kier alpha value is -9.02. The van der Waals surface area contributed by atoms with Gasteiger partial charge in [0.2, 0.25) is 9.79 Å². The monoisotopic (exact) mass is 1410 g/mol. The highest BCUT2D eigenvalue weighted by Gasteiger charge is 2.61. The zero-order chi connectivity index (χ0) is 71.4. The van der Waals surface area contributed by atoms with Crippen LogP contribution in [0.5, 0.6) is 28.7 Å². The van der Waals surface area contributed by atoms with Gasteiger partial charge in [0.25, 0.3) is 0 Å². The lowest BCUT2D eigenvalue weighted by Gasteiger charge is -2.60. The summed E-state index contributed by atoms with van der Waals surface area (Å²) in [7, 11) is -0.744. The van der Waals surface area contributed by atoms with E-state index in [4.69, 9.17) is 33.2 Å². The molecule has 0 radical (unpaired) electrons. The fourth-order valence-corrected chi connectivity index (χ4v) is 19.5. The Morgan fingerprint density at radius 1 is 0.406 bits per heavy atom. The second-order valence-electron chi connectivity index (χ2n) is 28.2. The summed E-state index contributed by atoms with van der Waals surface area (Å²) in [5, 5.41) is 0. The van der Waals surface area contributed by atoms with Crippen molar-refractivity contribution in [1.29, 1.82) is 0 Å². The summed E-state index contributed by atoms with van der Waals surface area (Å²) in [6.45, 7) is 16.1. The van der Waals surface area contributed by atoms with E-state index in [-0.39, 0.29) is 55.8 Å². The van der Waals surface area contributed by atoms with E-state index in [1.165, 1.54) is 30.9 Å². The third-order valence-corrected chi connectivity index (χ3v) is 26.2. The molecule has 9 aromatic carbocycles. The van der Waals surface area contributed by atoms with Gasteiger partial charge in [-0.25, -0.2) is 9.59 Å². The first-order valence-electron chi connectivity index (χ1n) is 34.9. The molecule has 0 N–H and O–H groups in total. The maximum atomic E-state index is 13.1. The molecule has 12 nitrogen and oxygen atoms in total. The van der Waals surface area contributed by atoms with Crippen LogP contribution in [-0.4, -0.2) is 54.3 Å². The van der Waals surface area contributed by atoms with Gasteiger partial charge >= 0.3 is 29.8 Å². The molecule has 4 saturated carbocycles. The molecule has 15 heteroatoms. The Morgan fingerprint density at radius 2 is 0.772 bits per heavy atom. The zero-order valence-electron chi connectivity index (χ0n) is 59.2. The topological polar surface area (TPSA) is 150 Å². The van der Waals surface area contributed by atoms with E-state index in [2.05, 4.69) is 128 Å². The molecule has 2 unspecified atom stereocenters. The Morgan fingerprint density at radius 3 is 1.23 bits per heavy atom. The molecule has 0 saturated heterocycles. The summed E-state index contributed by atoms with van der Waals surface area (Å²) in [5.41, 5.74) is -2.21. The van der Waals surface area contributed by atoms with Crippen molar-refractivity contribution < 1.29 is 57.1 Å². The zero-order valence-corrected chi connectivity index (χ0v) is 61.6. The predicted octanol–water partition coefficient (Wildman–Crippen LogP) is 19.7. The number of hydrogen-bond acceptors (Lipinski definition) is 12. The van der Waals surface area contributed by atoms with Gasteiger partial charge in [0.05, 0.1) is 38.0 Å². The van der Waals surface area contributed by atoms with Crippen LogP contribution in [0.2, 0.25) is 0 Å². The summed E-state index contributed by atoms with van der Waals surface area (Å²) < 4.78 is 40.1. The third kappa shape index (κ3) is 18.0. The van der Waals surface area contributed by atoms with Crippen molar-refractivity contribution >= 4 is 62.5 Å². The Labute approximate surface area is 603 Å². The number of benzene rings is 9. The fourth-order valence-electron chi connectivity index (χ4n) is 13.1. The van der Waals surface area contributed by atoms with Gasteiger partial charge in [0.15, 0.2) is 59.0 Å². The van der Waals surface area contributed by atoms with Crippen LogP contribution < -0.4 is 18.9 Å². The first kappa shape index (κ1) is 73.2. The summed E-state index contributed by atoms with van der Waals surface area (Å²) >= 11 is 0. The largest absolute Gasteiger partial charge is 0.487 e. The molecule has 14 rings (SSSR count). The molecule has 9 aromatic rings. The van der Waals surface area contributed by atoms with Crippen LogP contribution >= 0.6 is 0 Å². The lowest BCUT2D eigenvalue weighted by atomic mass is 9.52. The molecule has 4 bridgehead atoms. The summed E-state index contributed by atoms with van der Waals surface area (Å²) in [6, 6.07) is 82.1. The van der Waals surface area contributed by atoms with Crippen molar-refractivity contribution in [3.8, 4) is 28.7 Å². The Balaban J connectivity index is 0.000000154. The van der Waals surface area contributed by atoms with Crippen molar-refractivity contribution in [2.75, 3.05) is 13.2 Å². The average molecular weight is 1410 g/mol. The number of fused-ring (bicyclic) bond motifs is 2. The lowest BCUT2D eigenvalue weighted by Crippen LogP contribution is -2.63. The molecular formula is C86H91O12S3+3. The number of carbonyl (C=O) groups is 5. The molecule has 4 fully saturated rings. The van der Waals surface area contributed by atoms with Gasteiger partial charge < -0.3 is 33.2 Å². The van der Waals surface area contributed by atoms with Gasteiger partial charge in [-0.2, -0.15) is 0 Å². The van der Waals surface area contributed by atoms with E-state index in [1.54, 1.807) is 26.0 Å². The van der Waals surface area contributed by atoms with Gasteiger partial charge in [-0.05, 0) is 250 Å². The highest BCUT2D eigenvalue weighted by molar-refractivity contribution is 7.97. The van der Waals surface area contributed by atoms with Gasteiger partial charge in [-0.15, -0.1) is 0 Å². The van der Waals surface area contributed by atoms with Gasteiger partial charge in [-0.3, -0.25) is 14.4 Å². The van der Waals surface area contributed by atoms with Crippen molar-refractivity contribution in [2.24, 2.45) is 28.1 Å². The van der Waals surface area contributed by atoms with E-state index in [0.717, 1.165) is 81.8 Å². The van der Waals surface area contributed by atoms with Crippen LogP contribution in [0.25, 0.3) is 0 Å². The average Bonchev–Trinajstić information content (AvgIpc) is 0.721. The highest BCUT2D eigenvalue weighted by Crippen LogP contribution is 2.61. The molecule has 0 amide bonds. The molecule has 1 aliphatic heterocycles. The molecule has 2 atom stereocenters. The molecule has 4 aliphatic carbocycles. The minimum Gasteiger partial charge on any atom is -0.487 e. The molecular weight excluding hydrogens is 1320 g/mol. The number of esters is 5. The maximum Gasteiger partial charge on any atom is 0.349 e. The van der Waals surface area contributed by atoms with Gasteiger partial charge in [-0.1, -0.05) is 118 Å². The first-order valence-corrected chi connectivity index (χ1v) is 38.5. The first-order chi connectivity index (χ1) is 48.6. The second kappa shape index (κ2) is 32.3. The molecule has 101 heavy (non-hydrogen) atoms. The highest BCUT2D eigenvalue weighted by atomic mass is 32.2. The molecule has 522 valence electrons. The van der Waals surface area contributed by atoms with Crippen molar-refractivity contribution in [2.45, 2.75) is 175 Å². The van der Waals surface area contributed by atoms with E-state index in [1.807, 2.05) is 151 Å². The summed E-state index contributed by atoms with van der Waals surface area (Å²) in [4.78, 5) is 72.1. The van der Waals surface area contributed by atoms with E-state index in [0.29, 0.717) is 29.8 Å². The minimum absolute atomic E-state index is 0.0460. The fraction of sp³-hybridized carbons (Fsp3) is 0.314. The molecule has 0 spiro atoms. The van der Waals surface area contributed by atoms with Crippen molar-refractivity contribution in [3.05, 3.63) is 243 Å². The van der Waals surface area contributed by atoms with E-state index >= 15 is 0 Å². The summed E-state index contributed by atoms with van der Waals surface area (Å²) in [5.74, 6) is 2.51. The predicted molar refractivity (Wildman–Crippen MR) is 397 cm³/mol. The Kier molecular flexibility index (Phi) is 23.4. The van der Waals surface area contributed by atoms with Crippen molar-refractivity contribution in [3.63, 3.8) is 0 Å². The SMILES string of the molecule is CCC(C)(C)C(=O)OC12CC3CC(C1)CC(Oc1ccc([S+](c4ccccc4)c4ccccc4)cc1)(C3)C2.CCC(C)(C)C(=O)OCC(=O)OCC(=O)Oc1ccc([S+](c2ccccc2)c2ccccc2)cc1.CCC(C)(C)C(=O)Oc1ccc([S+]2c3ccccc3Oc3ccccc32)cc1. The normalized spacial score (nSPS) is 18.0.